The molecule has 0 spiro atoms. The summed E-state index contributed by atoms with van der Waals surface area (Å²) in [6.07, 6.45) is 3.19. The van der Waals surface area contributed by atoms with Crippen LogP contribution in [0.5, 0.6) is 5.75 Å². The Morgan fingerprint density at radius 1 is 1.32 bits per heavy atom. The Morgan fingerprint density at radius 3 is 2.96 bits per heavy atom. The maximum Gasteiger partial charge on any atom is 0.279 e. The van der Waals surface area contributed by atoms with Gasteiger partial charge in [-0.3, -0.25) is 20.4 Å². The van der Waals surface area contributed by atoms with E-state index in [1.165, 1.54) is 21.8 Å². The van der Waals surface area contributed by atoms with E-state index in [2.05, 4.69) is 17.8 Å². The number of fused-ring (bicyclic) bond motifs is 1. The number of halogens is 1. The highest BCUT2D eigenvalue weighted by atomic mass is 35.5. The summed E-state index contributed by atoms with van der Waals surface area (Å²) in [6.45, 7) is 2.01. The maximum atomic E-state index is 12.2. The van der Waals surface area contributed by atoms with Gasteiger partial charge in [0, 0.05) is 9.90 Å². The lowest BCUT2D eigenvalue weighted by Gasteiger charge is -2.16. The third-order valence-electron chi connectivity index (χ3n) is 4.03. The average molecular weight is 379 g/mol. The molecule has 0 fully saturated rings. The van der Waals surface area contributed by atoms with E-state index in [0.29, 0.717) is 21.6 Å². The van der Waals surface area contributed by atoms with E-state index in [0.717, 1.165) is 19.3 Å². The van der Waals surface area contributed by atoms with Gasteiger partial charge in [0.2, 0.25) is 0 Å². The fourth-order valence-corrected chi connectivity index (χ4v) is 4.03. The van der Waals surface area contributed by atoms with Crippen LogP contribution < -0.4 is 15.6 Å². The Hall–Kier alpha value is -2.05. The second kappa shape index (κ2) is 7.89. The van der Waals surface area contributed by atoms with Gasteiger partial charge in [0.05, 0.1) is 4.88 Å². The monoisotopic (exact) mass is 378 g/mol. The van der Waals surface area contributed by atoms with E-state index < -0.39 is 5.91 Å². The van der Waals surface area contributed by atoms with Gasteiger partial charge < -0.3 is 4.74 Å². The van der Waals surface area contributed by atoms with Crippen molar-refractivity contribution >= 4 is 34.8 Å². The highest BCUT2D eigenvalue weighted by Gasteiger charge is 2.20. The number of hydrogen-bond acceptors (Lipinski definition) is 4. The molecule has 1 aliphatic rings. The molecule has 0 saturated heterocycles. The Morgan fingerprint density at radius 2 is 2.16 bits per heavy atom. The van der Waals surface area contributed by atoms with Crippen LogP contribution in [0.4, 0.5) is 0 Å². The number of hydrogen-bond donors (Lipinski definition) is 2. The number of carbonyl (C=O) groups is 2. The highest BCUT2D eigenvalue weighted by molar-refractivity contribution is 7.14. The number of carbonyl (C=O) groups excluding carboxylic acids is 2. The molecular weight excluding hydrogens is 360 g/mol. The summed E-state index contributed by atoms with van der Waals surface area (Å²) < 4.78 is 5.32. The summed E-state index contributed by atoms with van der Waals surface area (Å²) in [5.74, 6) is 0.404. The van der Waals surface area contributed by atoms with E-state index in [9.17, 15) is 9.59 Å². The van der Waals surface area contributed by atoms with Gasteiger partial charge in [0.15, 0.2) is 6.61 Å². The number of thiophene rings is 1. The van der Waals surface area contributed by atoms with Crippen LogP contribution in [0.1, 0.15) is 33.5 Å². The first-order valence-corrected chi connectivity index (χ1v) is 9.30. The summed E-state index contributed by atoms with van der Waals surface area (Å²) in [5.41, 5.74) is 6.05. The zero-order valence-corrected chi connectivity index (χ0v) is 15.4. The molecule has 1 aromatic heterocycles. The minimum Gasteiger partial charge on any atom is -0.484 e. The van der Waals surface area contributed by atoms with Crippen molar-refractivity contribution in [3.05, 3.63) is 50.7 Å². The number of nitrogens with one attached hydrogen (secondary N) is 2. The lowest BCUT2D eigenvalue weighted by atomic mass is 9.90. The molecule has 25 heavy (non-hydrogen) atoms. The molecular formula is C18H19ClN2O3S. The topological polar surface area (TPSA) is 67.4 Å². The third kappa shape index (κ3) is 4.74. The van der Waals surface area contributed by atoms with Gasteiger partial charge in [0.25, 0.3) is 11.8 Å². The maximum absolute atomic E-state index is 12.2. The van der Waals surface area contributed by atoms with Crippen molar-refractivity contribution in [1.29, 1.82) is 0 Å². The van der Waals surface area contributed by atoms with Crippen LogP contribution in [0, 0.1) is 5.92 Å². The minimum atomic E-state index is -0.441. The van der Waals surface area contributed by atoms with Crippen LogP contribution in [0.2, 0.25) is 5.02 Å². The van der Waals surface area contributed by atoms with Gasteiger partial charge in [-0.05, 0) is 55.0 Å². The summed E-state index contributed by atoms with van der Waals surface area (Å²) in [5, 5.41) is 0.530. The predicted molar refractivity (Wildman–Crippen MR) is 98.1 cm³/mol. The second-order valence-corrected chi connectivity index (χ2v) is 7.73. The molecule has 2 N–H and O–H groups in total. The molecule has 0 bridgehead atoms. The molecule has 2 aromatic rings. The van der Waals surface area contributed by atoms with Crippen molar-refractivity contribution in [2.45, 2.75) is 26.2 Å². The molecule has 132 valence electrons. The van der Waals surface area contributed by atoms with Crippen molar-refractivity contribution in [2.75, 3.05) is 6.61 Å². The van der Waals surface area contributed by atoms with Crippen LogP contribution in [0.25, 0.3) is 0 Å². The number of rotatable bonds is 4. The van der Waals surface area contributed by atoms with E-state index in [1.807, 2.05) is 6.07 Å². The van der Waals surface area contributed by atoms with Gasteiger partial charge in [-0.1, -0.05) is 24.6 Å². The van der Waals surface area contributed by atoms with E-state index in [4.69, 9.17) is 16.3 Å². The first-order valence-electron chi connectivity index (χ1n) is 8.10. The molecule has 0 radical (unpaired) electrons. The molecule has 1 aliphatic carbocycles. The average Bonchev–Trinajstić information content (AvgIpc) is 3.01. The van der Waals surface area contributed by atoms with Gasteiger partial charge in [-0.25, -0.2) is 0 Å². The van der Waals surface area contributed by atoms with E-state index >= 15 is 0 Å². The Kier molecular flexibility index (Phi) is 5.60. The summed E-state index contributed by atoms with van der Waals surface area (Å²) in [6, 6.07) is 8.70. The second-order valence-electron chi connectivity index (χ2n) is 6.16. The quantitative estimate of drug-likeness (QED) is 0.801. The van der Waals surface area contributed by atoms with Gasteiger partial charge in [0.1, 0.15) is 5.75 Å². The normalized spacial score (nSPS) is 16.0. The van der Waals surface area contributed by atoms with Gasteiger partial charge in [-0.2, -0.15) is 0 Å². The minimum absolute atomic E-state index is 0.209. The number of aryl methyl sites for hydroxylation is 1. The first kappa shape index (κ1) is 17.8. The zero-order chi connectivity index (χ0) is 17.8. The Bertz CT molecular complexity index is 790. The van der Waals surface area contributed by atoms with Crippen molar-refractivity contribution in [3.63, 3.8) is 0 Å². The predicted octanol–water partition coefficient (Wildman–Crippen LogP) is 3.37. The van der Waals surface area contributed by atoms with Crippen molar-refractivity contribution in [3.8, 4) is 5.75 Å². The SMILES string of the molecule is C[C@@H]1CCc2sc(C(=O)NNC(=O)COc3cccc(Cl)c3)cc2C1. The van der Waals surface area contributed by atoms with E-state index in [-0.39, 0.29) is 12.5 Å². The van der Waals surface area contributed by atoms with Gasteiger partial charge in [-0.15, -0.1) is 11.3 Å². The molecule has 5 nitrogen and oxygen atoms in total. The van der Waals surface area contributed by atoms with Crippen LogP contribution >= 0.6 is 22.9 Å². The molecule has 0 saturated carbocycles. The summed E-state index contributed by atoms with van der Waals surface area (Å²) >= 11 is 7.35. The van der Waals surface area contributed by atoms with Crippen LogP contribution in [0.15, 0.2) is 30.3 Å². The third-order valence-corrected chi connectivity index (χ3v) is 5.51. The largest absolute Gasteiger partial charge is 0.484 e. The number of benzene rings is 1. The molecule has 0 unspecified atom stereocenters. The first-order chi connectivity index (χ1) is 12.0. The van der Waals surface area contributed by atoms with Crippen LogP contribution in [0.3, 0.4) is 0 Å². The molecule has 1 aromatic carbocycles. The molecule has 1 heterocycles. The number of ether oxygens (including phenoxy) is 1. The van der Waals surface area contributed by atoms with Gasteiger partial charge >= 0.3 is 0 Å². The highest BCUT2D eigenvalue weighted by Crippen LogP contribution is 2.32. The smallest absolute Gasteiger partial charge is 0.279 e. The molecule has 2 amide bonds. The summed E-state index contributed by atoms with van der Waals surface area (Å²) in [7, 11) is 0. The van der Waals surface area contributed by atoms with E-state index in [1.54, 1.807) is 24.3 Å². The standard InChI is InChI=1S/C18H19ClN2O3S/c1-11-5-6-15-12(7-11)8-16(25-15)18(23)21-20-17(22)10-24-14-4-2-3-13(19)9-14/h2-4,8-9,11H,5-7,10H2,1H3,(H,20,22)(H,21,23)/t11-/m1/s1. The molecule has 1 atom stereocenters. The van der Waals surface area contributed by atoms with Crippen molar-refractivity contribution < 1.29 is 14.3 Å². The number of hydrazine groups is 1. The lowest BCUT2D eigenvalue weighted by molar-refractivity contribution is -0.123. The zero-order valence-electron chi connectivity index (χ0n) is 13.8. The fraction of sp³-hybridized carbons (Fsp3) is 0.333. The molecule has 0 aliphatic heterocycles. The van der Waals surface area contributed by atoms with Crippen molar-refractivity contribution in [2.24, 2.45) is 5.92 Å². The Balaban J connectivity index is 1.48. The summed E-state index contributed by atoms with van der Waals surface area (Å²) in [4.78, 5) is 25.9. The lowest BCUT2D eigenvalue weighted by Crippen LogP contribution is -2.43. The Labute approximate surface area is 155 Å². The molecule has 7 heteroatoms. The van der Waals surface area contributed by atoms with Crippen LogP contribution in [-0.4, -0.2) is 18.4 Å². The van der Waals surface area contributed by atoms with Crippen LogP contribution in [-0.2, 0) is 17.6 Å². The molecule has 3 rings (SSSR count). The fourth-order valence-electron chi connectivity index (χ4n) is 2.75. The number of amides is 2. The van der Waals surface area contributed by atoms with Crippen molar-refractivity contribution in [1.82, 2.24) is 10.9 Å².